The summed E-state index contributed by atoms with van der Waals surface area (Å²) in [6, 6.07) is 10.9. The number of hydrogen-bond donors (Lipinski definition) is 2. The molecule has 0 aliphatic rings. The molecule has 2 N–H and O–H groups in total. The van der Waals surface area contributed by atoms with Crippen LogP contribution in [0.4, 0.5) is 17.3 Å². The van der Waals surface area contributed by atoms with Gasteiger partial charge in [0.05, 0.1) is 7.11 Å². The van der Waals surface area contributed by atoms with Gasteiger partial charge in [-0.25, -0.2) is 0 Å². The van der Waals surface area contributed by atoms with Crippen molar-refractivity contribution in [3.05, 3.63) is 36.4 Å². The zero-order valence-corrected chi connectivity index (χ0v) is 10.7. The third-order valence-electron chi connectivity index (χ3n) is 2.31. The molecule has 6 nitrogen and oxygen atoms in total. The van der Waals surface area contributed by atoms with E-state index < -0.39 is 0 Å². The molecule has 1 heterocycles. The van der Waals surface area contributed by atoms with Gasteiger partial charge in [0.25, 0.3) is 0 Å². The van der Waals surface area contributed by atoms with E-state index in [0.717, 1.165) is 11.4 Å². The number of hydrogen-bond acceptors (Lipinski definition) is 5. The minimum atomic E-state index is -0.178. The molecule has 2 aromatic rings. The number of amides is 1. The Kier molecular flexibility index (Phi) is 3.92. The Labute approximate surface area is 110 Å². The SMILES string of the molecule is COc1cccc(Nc2ccc(NC(C)=O)nn2)c1. The van der Waals surface area contributed by atoms with Gasteiger partial charge in [-0.15, -0.1) is 10.2 Å². The Hall–Kier alpha value is -2.63. The van der Waals surface area contributed by atoms with Crippen molar-refractivity contribution in [2.24, 2.45) is 0 Å². The smallest absolute Gasteiger partial charge is 0.222 e. The molecule has 0 bridgehead atoms. The molecular formula is C13H14N4O2. The fourth-order valence-corrected chi connectivity index (χ4v) is 1.49. The van der Waals surface area contributed by atoms with Crippen molar-refractivity contribution in [1.82, 2.24) is 10.2 Å². The number of ether oxygens (including phenoxy) is 1. The summed E-state index contributed by atoms with van der Waals surface area (Å²) < 4.78 is 5.13. The van der Waals surface area contributed by atoms with Crippen LogP contribution in [-0.2, 0) is 4.79 Å². The summed E-state index contributed by atoms with van der Waals surface area (Å²) in [5, 5.41) is 13.5. The number of benzene rings is 1. The molecule has 0 radical (unpaired) electrons. The van der Waals surface area contributed by atoms with Crippen molar-refractivity contribution < 1.29 is 9.53 Å². The zero-order chi connectivity index (χ0) is 13.7. The van der Waals surface area contributed by atoms with Gasteiger partial charge in [-0.2, -0.15) is 0 Å². The van der Waals surface area contributed by atoms with E-state index in [-0.39, 0.29) is 5.91 Å². The molecule has 0 saturated heterocycles. The predicted molar refractivity (Wildman–Crippen MR) is 72.6 cm³/mol. The fraction of sp³-hybridized carbons (Fsp3) is 0.154. The van der Waals surface area contributed by atoms with Crippen molar-refractivity contribution >= 4 is 23.2 Å². The van der Waals surface area contributed by atoms with E-state index in [0.29, 0.717) is 11.6 Å². The average molecular weight is 258 g/mol. The highest BCUT2D eigenvalue weighted by molar-refractivity contribution is 5.87. The molecule has 2 rings (SSSR count). The van der Waals surface area contributed by atoms with Crippen molar-refractivity contribution in [3.63, 3.8) is 0 Å². The second kappa shape index (κ2) is 5.81. The molecular weight excluding hydrogens is 244 g/mol. The molecule has 1 aromatic heterocycles. The average Bonchev–Trinajstić information content (AvgIpc) is 2.41. The van der Waals surface area contributed by atoms with Crippen LogP contribution in [0.3, 0.4) is 0 Å². The number of methoxy groups -OCH3 is 1. The van der Waals surface area contributed by atoms with Gasteiger partial charge in [0, 0.05) is 18.7 Å². The van der Waals surface area contributed by atoms with Crippen molar-refractivity contribution in [2.75, 3.05) is 17.7 Å². The topological polar surface area (TPSA) is 76.1 Å². The van der Waals surface area contributed by atoms with Crippen LogP contribution in [0, 0.1) is 0 Å². The molecule has 6 heteroatoms. The van der Waals surface area contributed by atoms with Gasteiger partial charge in [-0.05, 0) is 24.3 Å². The van der Waals surface area contributed by atoms with Crippen LogP contribution in [0.1, 0.15) is 6.92 Å². The molecule has 0 unspecified atom stereocenters. The van der Waals surface area contributed by atoms with Crippen molar-refractivity contribution in [3.8, 4) is 5.75 Å². The highest BCUT2D eigenvalue weighted by atomic mass is 16.5. The van der Waals surface area contributed by atoms with Crippen LogP contribution in [0.5, 0.6) is 5.75 Å². The van der Waals surface area contributed by atoms with Crippen LogP contribution < -0.4 is 15.4 Å². The first kappa shape index (κ1) is 12.8. The highest BCUT2D eigenvalue weighted by Gasteiger charge is 2.01. The third-order valence-corrected chi connectivity index (χ3v) is 2.31. The largest absolute Gasteiger partial charge is 0.497 e. The second-order valence-corrected chi connectivity index (χ2v) is 3.84. The Morgan fingerprint density at radius 1 is 1.16 bits per heavy atom. The number of carbonyl (C=O) groups is 1. The molecule has 0 aliphatic carbocycles. The van der Waals surface area contributed by atoms with Crippen LogP contribution in [0.2, 0.25) is 0 Å². The van der Waals surface area contributed by atoms with Crippen LogP contribution in [0.25, 0.3) is 0 Å². The number of nitrogens with zero attached hydrogens (tertiary/aromatic N) is 2. The molecule has 0 fully saturated rings. The quantitative estimate of drug-likeness (QED) is 0.879. The summed E-state index contributed by atoms with van der Waals surface area (Å²) in [6.07, 6.45) is 0. The van der Waals surface area contributed by atoms with E-state index in [2.05, 4.69) is 20.8 Å². The lowest BCUT2D eigenvalue weighted by Crippen LogP contribution is -2.08. The number of aromatic nitrogens is 2. The van der Waals surface area contributed by atoms with E-state index in [1.807, 2.05) is 24.3 Å². The van der Waals surface area contributed by atoms with Gasteiger partial charge in [0.15, 0.2) is 11.6 Å². The summed E-state index contributed by atoms with van der Waals surface area (Å²) in [4.78, 5) is 10.9. The number of nitrogens with one attached hydrogen (secondary N) is 2. The number of carbonyl (C=O) groups excluding carboxylic acids is 1. The predicted octanol–water partition coefficient (Wildman–Crippen LogP) is 2.19. The van der Waals surface area contributed by atoms with Gasteiger partial charge in [-0.1, -0.05) is 6.07 Å². The van der Waals surface area contributed by atoms with Gasteiger partial charge >= 0.3 is 0 Å². The van der Waals surface area contributed by atoms with Crippen LogP contribution in [0.15, 0.2) is 36.4 Å². The summed E-state index contributed by atoms with van der Waals surface area (Å²) >= 11 is 0. The van der Waals surface area contributed by atoms with E-state index in [1.165, 1.54) is 6.92 Å². The van der Waals surface area contributed by atoms with Crippen LogP contribution in [-0.4, -0.2) is 23.2 Å². The van der Waals surface area contributed by atoms with Gasteiger partial charge in [-0.3, -0.25) is 4.79 Å². The first-order valence-corrected chi connectivity index (χ1v) is 5.70. The monoisotopic (exact) mass is 258 g/mol. The molecule has 0 spiro atoms. The summed E-state index contributed by atoms with van der Waals surface area (Å²) in [5.74, 6) is 1.58. The van der Waals surface area contributed by atoms with E-state index >= 15 is 0 Å². The molecule has 19 heavy (non-hydrogen) atoms. The summed E-state index contributed by atoms with van der Waals surface area (Å²) in [7, 11) is 1.61. The lowest BCUT2D eigenvalue weighted by atomic mass is 10.3. The zero-order valence-electron chi connectivity index (χ0n) is 10.7. The standard InChI is InChI=1S/C13H14N4O2/c1-9(18)14-12-6-7-13(17-16-12)15-10-4-3-5-11(8-10)19-2/h3-8H,1-2H3,(H,15,17)(H,14,16,18). The van der Waals surface area contributed by atoms with E-state index in [4.69, 9.17) is 4.74 Å². The van der Waals surface area contributed by atoms with Gasteiger partial charge in [0.2, 0.25) is 5.91 Å². The molecule has 0 aliphatic heterocycles. The Bertz CT molecular complexity index is 569. The fourth-order valence-electron chi connectivity index (χ4n) is 1.49. The number of rotatable bonds is 4. The van der Waals surface area contributed by atoms with E-state index in [1.54, 1.807) is 19.2 Å². The third kappa shape index (κ3) is 3.67. The van der Waals surface area contributed by atoms with Crippen molar-refractivity contribution in [2.45, 2.75) is 6.92 Å². The maximum absolute atomic E-state index is 10.9. The maximum atomic E-state index is 10.9. The van der Waals surface area contributed by atoms with Crippen LogP contribution >= 0.6 is 0 Å². The molecule has 1 aromatic carbocycles. The first-order valence-electron chi connectivity index (χ1n) is 5.70. The Morgan fingerprint density at radius 2 is 1.89 bits per heavy atom. The van der Waals surface area contributed by atoms with Gasteiger partial charge in [0.1, 0.15) is 5.75 Å². The molecule has 0 saturated carbocycles. The summed E-state index contributed by atoms with van der Waals surface area (Å²) in [6.45, 7) is 1.42. The number of anilines is 3. The Balaban J connectivity index is 2.08. The highest BCUT2D eigenvalue weighted by Crippen LogP contribution is 2.20. The van der Waals surface area contributed by atoms with Gasteiger partial charge < -0.3 is 15.4 Å². The Morgan fingerprint density at radius 3 is 2.53 bits per heavy atom. The lowest BCUT2D eigenvalue weighted by Gasteiger charge is -2.07. The van der Waals surface area contributed by atoms with Crippen molar-refractivity contribution in [1.29, 1.82) is 0 Å². The maximum Gasteiger partial charge on any atom is 0.222 e. The normalized spacial score (nSPS) is 9.79. The summed E-state index contributed by atoms with van der Waals surface area (Å²) in [5.41, 5.74) is 0.848. The second-order valence-electron chi connectivity index (χ2n) is 3.84. The molecule has 0 atom stereocenters. The minimum absolute atomic E-state index is 0.178. The molecule has 1 amide bonds. The van der Waals surface area contributed by atoms with E-state index in [9.17, 15) is 4.79 Å². The minimum Gasteiger partial charge on any atom is -0.497 e. The molecule has 98 valence electrons. The lowest BCUT2D eigenvalue weighted by molar-refractivity contribution is -0.114. The first-order chi connectivity index (χ1) is 9.17.